The minimum atomic E-state index is 0.361. The highest BCUT2D eigenvalue weighted by Crippen LogP contribution is 2.49. The Morgan fingerprint density at radius 2 is 2.06 bits per heavy atom. The number of H-pyrrole nitrogens is 1. The molecule has 0 unspecified atom stereocenters. The summed E-state index contributed by atoms with van der Waals surface area (Å²) in [5, 5.41) is 1.12. The van der Waals surface area contributed by atoms with E-state index in [1.807, 2.05) is 23.9 Å². The van der Waals surface area contributed by atoms with Gasteiger partial charge in [0.15, 0.2) is 4.77 Å². The van der Waals surface area contributed by atoms with Gasteiger partial charge in [-0.1, -0.05) is 23.2 Å². The van der Waals surface area contributed by atoms with E-state index in [-0.39, 0.29) is 0 Å². The summed E-state index contributed by atoms with van der Waals surface area (Å²) in [7, 11) is 0. The second-order valence-electron chi connectivity index (χ2n) is 4.69. The van der Waals surface area contributed by atoms with Gasteiger partial charge >= 0.3 is 0 Å². The lowest BCUT2D eigenvalue weighted by Crippen LogP contribution is -2.13. The van der Waals surface area contributed by atoms with Gasteiger partial charge in [-0.15, -0.1) is 0 Å². The van der Waals surface area contributed by atoms with E-state index < -0.39 is 0 Å². The van der Waals surface area contributed by atoms with E-state index in [4.69, 9.17) is 35.4 Å². The quantitative estimate of drug-likeness (QED) is 0.812. The summed E-state index contributed by atoms with van der Waals surface area (Å²) in [5.41, 5.74) is 1.99. The number of halogens is 2. The third-order valence-electron chi connectivity index (χ3n) is 3.50. The lowest BCUT2D eigenvalue weighted by molar-refractivity contribution is 0.670. The van der Waals surface area contributed by atoms with E-state index in [9.17, 15) is 0 Å². The molecule has 0 atom stereocenters. The zero-order chi connectivity index (χ0) is 12.9. The molecule has 1 aliphatic rings. The van der Waals surface area contributed by atoms with Crippen LogP contribution in [0.15, 0.2) is 12.1 Å². The molecular weight excluding hydrogens is 307 g/mol. The van der Waals surface area contributed by atoms with Crippen LogP contribution < -0.4 is 0 Å². The van der Waals surface area contributed by atoms with Gasteiger partial charge in [-0.25, -0.2) is 0 Å². The van der Waals surface area contributed by atoms with E-state index >= 15 is 0 Å². The molecule has 3 rings (SSSR count). The molecule has 2 nitrogen and oxygen atoms in total. The number of aromatic amines is 1. The van der Waals surface area contributed by atoms with E-state index in [1.54, 1.807) is 0 Å². The first-order valence-electron chi connectivity index (χ1n) is 5.67. The largest absolute Gasteiger partial charge is 0.331 e. The Balaban J connectivity index is 2.13. The smallest absolute Gasteiger partial charge is 0.178 e. The molecule has 0 spiro atoms. The molecule has 0 aliphatic heterocycles. The number of hydrogen-bond donors (Lipinski definition) is 1. The summed E-state index contributed by atoms with van der Waals surface area (Å²) in [5.74, 6) is 0. The van der Waals surface area contributed by atoms with Crippen molar-refractivity contribution in [3.8, 4) is 0 Å². The first-order valence-corrected chi connectivity index (χ1v) is 8.06. The van der Waals surface area contributed by atoms with Gasteiger partial charge in [0.25, 0.3) is 0 Å². The van der Waals surface area contributed by atoms with Gasteiger partial charge in [-0.3, -0.25) is 0 Å². The number of thioether (sulfide) groups is 1. The fourth-order valence-corrected chi connectivity index (χ4v) is 3.53. The van der Waals surface area contributed by atoms with E-state index in [1.165, 1.54) is 12.8 Å². The van der Waals surface area contributed by atoms with Gasteiger partial charge in [0.1, 0.15) is 0 Å². The molecule has 18 heavy (non-hydrogen) atoms. The molecule has 1 aliphatic carbocycles. The Kier molecular flexibility index (Phi) is 3.17. The second kappa shape index (κ2) is 4.44. The number of nitrogens with one attached hydrogen (secondary N) is 1. The van der Waals surface area contributed by atoms with Gasteiger partial charge in [0.2, 0.25) is 0 Å². The minimum Gasteiger partial charge on any atom is -0.331 e. The fourth-order valence-electron chi connectivity index (χ4n) is 2.16. The first kappa shape index (κ1) is 12.9. The van der Waals surface area contributed by atoms with Crippen LogP contribution in [0.5, 0.6) is 0 Å². The maximum Gasteiger partial charge on any atom is 0.178 e. The third-order valence-corrected chi connectivity index (χ3v) is 5.95. The number of fused-ring (bicyclic) bond motifs is 1. The summed E-state index contributed by atoms with van der Waals surface area (Å²) < 4.78 is 3.24. The zero-order valence-corrected chi connectivity index (χ0v) is 12.9. The summed E-state index contributed by atoms with van der Waals surface area (Å²) in [6.45, 7) is 0.935. The lowest BCUT2D eigenvalue weighted by Gasteiger charge is -2.13. The lowest BCUT2D eigenvalue weighted by atomic mass is 10.3. The van der Waals surface area contributed by atoms with Crippen LogP contribution >= 0.6 is 47.2 Å². The molecule has 6 heteroatoms. The third kappa shape index (κ3) is 2.09. The number of hydrogen-bond acceptors (Lipinski definition) is 2. The van der Waals surface area contributed by atoms with Crippen molar-refractivity contribution in [2.75, 3.05) is 6.26 Å². The molecule has 2 aromatic rings. The maximum absolute atomic E-state index is 6.09. The molecule has 0 bridgehead atoms. The van der Waals surface area contributed by atoms with Crippen molar-refractivity contribution in [3.05, 3.63) is 26.9 Å². The minimum absolute atomic E-state index is 0.361. The standard InChI is InChI=1S/C12H12Cl2N2S2/c1-18-12(2-3-12)6-16-10-5-8(14)7(13)4-9(10)15-11(16)17/h4-5H,2-3,6H2,1H3,(H,15,17). The average Bonchev–Trinajstić information content (AvgIpc) is 3.05. The Hall–Kier alpha value is -0.160. The van der Waals surface area contributed by atoms with Crippen molar-refractivity contribution < 1.29 is 0 Å². The number of imidazole rings is 1. The normalized spacial score (nSPS) is 17.3. The Labute approximate surface area is 125 Å². The molecule has 1 aromatic carbocycles. The summed E-state index contributed by atoms with van der Waals surface area (Å²) >= 11 is 19.4. The predicted molar refractivity (Wildman–Crippen MR) is 82.6 cm³/mol. The SMILES string of the molecule is CSC1(Cn2c(=S)[nH]c3cc(Cl)c(Cl)cc32)CC1. The molecule has 1 aromatic heterocycles. The van der Waals surface area contributed by atoms with Crippen molar-refractivity contribution >= 4 is 58.2 Å². The molecule has 1 fully saturated rings. The zero-order valence-electron chi connectivity index (χ0n) is 9.80. The van der Waals surface area contributed by atoms with Crippen LogP contribution in [0, 0.1) is 4.77 Å². The highest BCUT2D eigenvalue weighted by Gasteiger charge is 2.42. The van der Waals surface area contributed by atoms with E-state index in [0.717, 1.165) is 22.3 Å². The first-order chi connectivity index (χ1) is 8.54. The van der Waals surface area contributed by atoms with E-state index in [0.29, 0.717) is 14.8 Å². The molecule has 0 radical (unpaired) electrons. The topological polar surface area (TPSA) is 20.7 Å². The van der Waals surface area contributed by atoms with Crippen LogP contribution in [0.2, 0.25) is 10.0 Å². The highest BCUT2D eigenvalue weighted by atomic mass is 35.5. The summed E-state index contributed by atoms with van der Waals surface area (Å²) in [6.07, 6.45) is 4.67. The molecule has 0 saturated heterocycles. The van der Waals surface area contributed by atoms with Gasteiger partial charge in [-0.05, 0) is 43.4 Å². The number of aromatic nitrogens is 2. The fraction of sp³-hybridized carbons (Fsp3) is 0.417. The summed E-state index contributed by atoms with van der Waals surface area (Å²) in [4.78, 5) is 3.19. The number of rotatable bonds is 3. The van der Waals surface area contributed by atoms with Crippen LogP contribution in [0.3, 0.4) is 0 Å². The summed E-state index contributed by atoms with van der Waals surface area (Å²) in [6, 6.07) is 3.73. The predicted octanol–water partition coefficient (Wildman–Crippen LogP) is 4.90. The monoisotopic (exact) mass is 318 g/mol. The van der Waals surface area contributed by atoms with Crippen LogP contribution in [-0.4, -0.2) is 20.6 Å². The van der Waals surface area contributed by atoms with Crippen molar-refractivity contribution in [2.24, 2.45) is 0 Å². The number of benzene rings is 1. The Bertz CT molecular complexity index is 671. The molecular formula is C12H12Cl2N2S2. The average molecular weight is 319 g/mol. The Morgan fingerprint density at radius 3 is 2.67 bits per heavy atom. The van der Waals surface area contributed by atoms with Crippen molar-refractivity contribution in [1.82, 2.24) is 9.55 Å². The Morgan fingerprint density at radius 1 is 1.39 bits per heavy atom. The van der Waals surface area contributed by atoms with E-state index in [2.05, 4.69) is 15.8 Å². The van der Waals surface area contributed by atoms with Gasteiger partial charge < -0.3 is 9.55 Å². The highest BCUT2D eigenvalue weighted by molar-refractivity contribution is 8.00. The van der Waals surface area contributed by atoms with Crippen LogP contribution in [-0.2, 0) is 6.54 Å². The molecule has 0 amide bonds. The van der Waals surface area contributed by atoms with Crippen LogP contribution in [0.4, 0.5) is 0 Å². The van der Waals surface area contributed by atoms with Crippen LogP contribution in [0.25, 0.3) is 11.0 Å². The van der Waals surface area contributed by atoms with Gasteiger partial charge in [0.05, 0.1) is 21.1 Å². The second-order valence-corrected chi connectivity index (χ2v) is 7.16. The van der Waals surface area contributed by atoms with Crippen molar-refractivity contribution in [3.63, 3.8) is 0 Å². The van der Waals surface area contributed by atoms with Crippen molar-refractivity contribution in [2.45, 2.75) is 24.1 Å². The molecule has 1 heterocycles. The van der Waals surface area contributed by atoms with Crippen LogP contribution in [0.1, 0.15) is 12.8 Å². The van der Waals surface area contributed by atoms with Crippen molar-refractivity contribution in [1.29, 1.82) is 0 Å². The van der Waals surface area contributed by atoms with Gasteiger partial charge in [0, 0.05) is 11.3 Å². The molecule has 1 saturated carbocycles. The van der Waals surface area contributed by atoms with Gasteiger partial charge in [-0.2, -0.15) is 11.8 Å². The number of nitrogens with zero attached hydrogens (tertiary/aromatic N) is 1. The molecule has 1 N–H and O–H groups in total. The molecule has 96 valence electrons. The maximum atomic E-state index is 6.09.